The molecule has 0 aliphatic heterocycles. The summed E-state index contributed by atoms with van der Waals surface area (Å²) >= 11 is 0. The first-order valence-electron chi connectivity index (χ1n) is 9.20. The lowest BCUT2D eigenvalue weighted by Crippen LogP contribution is -2.36. The van der Waals surface area contributed by atoms with E-state index in [4.69, 9.17) is 0 Å². The van der Waals surface area contributed by atoms with Crippen molar-refractivity contribution in [3.8, 4) is 17.1 Å². The molecule has 0 radical (unpaired) electrons. The average molecular weight is 346 g/mol. The Morgan fingerprint density at radius 1 is 0.923 bits per heavy atom. The van der Waals surface area contributed by atoms with E-state index in [1.807, 2.05) is 60.7 Å². The number of benzene rings is 2. The van der Waals surface area contributed by atoms with Crippen molar-refractivity contribution in [3.05, 3.63) is 66.5 Å². The summed E-state index contributed by atoms with van der Waals surface area (Å²) in [5, 5.41) is 7.62. The van der Waals surface area contributed by atoms with Gasteiger partial charge >= 0.3 is 0 Å². The van der Waals surface area contributed by atoms with E-state index >= 15 is 0 Å². The zero-order valence-electron chi connectivity index (χ0n) is 14.6. The monoisotopic (exact) mass is 346 g/mol. The molecule has 1 heterocycles. The molecule has 1 saturated carbocycles. The molecule has 0 unspecified atom stereocenters. The SMILES string of the molecule is O=C(NC1CCCCC1)c1nc(-c2ccccc2)n(-c2ccccc2)n1. The summed E-state index contributed by atoms with van der Waals surface area (Å²) < 4.78 is 1.74. The Labute approximate surface area is 153 Å². The molecule has 1 fully saturated rings. The minimum absolute atomic E-state index is 0.191. The van der Waals surface area contributed by atoms with Crippen molar-refractivity contribution in [1.29, 1.82) is 0 Å². The second kappa shape index (κ2) is 7.52. The summed E-state index contributed by atoms with van der Waals surface area (Å²) in [4.78, 5) is 17.3. The van der Waals surface area contributed by atoms with Crippen LogP contribution in [0.15, 0.2) is 60.7 Å². The van der Waals surface area contributed by atoms with E-state index in [0.717, 1.165) is 24.1 Å². The van der Waals surface area contributed by atoms with E-state index in [0.29, 0.717) is 5.82 Å². The van der Waals surface area contributed by atoms with Crippen LogP contribution in [0.1, 0.15) is 42.7 Å². The molecule has 2 aromatic carbocycles. The van der Waals surface area contributed by atoms with Gasteiger partial charge in [-0.2, -0.15) is 0 Å². The van der Waals surface area contributed by atoms with E-state index in [-0.39, 0.29) is 17.8 Å². The number of rotatable bonds is 4. The summed E-state index contributed by atoms with van der Waals surface area (Å²) in [6.07, 6.45) is 5.68. The van der Waals surface area contributed by atoms with Crippen molar-refractivity contribution in [2.45, 2.75) is 38.1 Å². The van der Waals surface area contributed by atoms with Gasteiger partial charge in [0.05, 0.1) is 5.69 Å². The van der Waals surface area contributed by atoms with Gasteiger partial charge in [-0.25, -0.2) is 9.67 Å². The standard InChI is InChI=1S/C21H22N4O/c26-21(22-17-12-6-2-7-13-17)19-23-20(16-10-4-1-5-11-16)25(24-19)18-14-8-3-9-15-18/h1,3-5,8-11,14-15,17H,2,6-7,12-13H2,(H,22,26). The van der Waals surface area contributed by atoms with Gasteiger partial charge < -0.3 is 5.32 Å². The third-order valence-electron chi connectivity index (χ3n) is 4.78. The maximum Gasteiger partial charge on any atom is 0.291 e. The molecule has 0 spiro atoms. The van der Waals surface area contributed by atoms with Crippen LogP contribution >= 0.6 is 0 Å². The van der Waals surface area contributed by atoms with Gasteiger partial charge in [0.25, 0.3) is 5.91 Å². The number of nitrogens with one attached hydrogen (secondary N) is 1. The van der Waals surface area contributed by atoms with E-state index in [9.17, 15) is 4.79 Å². The highest BCUT2D eigenvalue weighted by molar-refractivity contribution is 5.91. The Kier molecular flexibility index (Phi) is 4.78. The van der Waals surface area contributed by atoms with Crippen molar-refractivity contribution < 1.29 is 4.79 Å². The lowest BCUT2D eigenvalue weighted by molar-refractivity contribution is 0.0917. The van der Waals surface area contributed by atoms with Crippen molar-refractivity contribution in [3.63, 3.8) is 0 Å². The quantitative estimate of drug-likeness (QED) is 0.777. The Morgan fingerprint density at radius 2 is 1.58 bits per heavy atom. The van der Waals surface area contributed by atoms with Crippen LogP contribution in [0.25, 0.3) is 17.1 Å². The number of hydrogen-bond acceptors (Lipinski definition) is 3. The Balaban J connectivity index is 1.68. The van der Waals surface area contributed by atoms with Crippen LogP contribution in [0.2, 0.25) is 0 Å². The highest BCUT2D eigenvalue weighted by Gasteiger charge is 2.22. The molecule has 3 aromatic rings. The fraction of sp³-hybridized carbons (Fsp3) is 0.286. The average Bonchev–Trinajstić information content (AvgIpc) is 3.16. The maximum absolute atomic E-state index is 12.7. The van der Waals surface area contributed by atoms with Crippen LogP contribution in [-0.2, 0) is 0 Å². The van der Waals surface area contributed by atoms with E-state index in [1.54, 1.807) is 4.68 Å². The van der Waals surface area contributed by atoms with Gasteiger partial charge in [-0.1, -0.05) is 67.8 Å². The molecule has 1 aliphatic rings. The zero-order chi connectivity index (χ0) is 17.8. The fourth-order valence-electron chi connectivity index (χ4n) is 3.43. The molecular weight excluding hydrogens is 324 g/mol. The van der Waals surface area contributed by atoms with Crippen LogP contribution in [0, 0.1) is 0 Å². The van der Waals surface area contributed by atoms with Gasteiger partial charge in [-0.3, -0.25) is 4.79 Å². The molecule has 1 aliphatic carbocycles. The summed E-state index contributed by atoms with van der Waals surface area (Å²) in [6, 6.07) is 19.9. The Bertz CT molecular complexity index is 811. The summed E-state index contributed by atoms with van der Waals surface area (Å²) in [5.41, 5.74) is 1.82. The van der Waals surface area contributed by atoms with E-state index in [2.05, 4.69) is 15.4 Å². The number of carbonyl (C=O) groups is 1. The minimum Gasteiger partial charge on any atom is -0.347 e. The Morgan fingerprint density at radius 3 is 2.27 bits per heavy atom. The van der Waals surface area contributed by atoms with Crippen molar-refractivity contribution >= 4 is 5.91 Å². The predicted molar refractivity (Wildman–Crippen MR) is 101 cm³/mol. The number of amides is 1. The van der Waals surface area contributed by atoms with E-state index in [1.165, 1.54) is 19.3 Å². The molecule has 4 rings (SSSR count). The molecule has 1 N–H and O–H groups in total. The summed E-state index contributed by atoms with van der Waals surface area (Å²) in [7, 11) is 0. The molecule has 132 valence electrons. The normalized spacial score (nSPS) is 14.9. The lowest BCUT2D eigenvalue weighted by atomic mass is 9.95. The fourth-order valence-corrected chi connectivity index (χ4v) is 3.43. The van der Waals surface area contributed by atoms with E-state index < -0.39 is 0 Å². The molecular formula is C21H22N4O. The van der Waals surface area contributed by atoms with Crippen molar-refractivity contribution in [1.82, 2.24) is 20.1 Å². The third kappa shape index (κ3) is 3.52. The lowest BCUT2D eigenvalue weighted by Gasteiger charge is -2.21. The van der Waals surface area contributed by atoms with Crippen molar-refractivity contribution in [2.24, 2.45) is 0 Å². The molecule has 26 heavy (non-hydrogen) atoms. The number of hydrogen-bond donors (Lipinski definition) is 1. The number of aromatic nitrogens is 3. The van der Waals surface area contributed by atoms with Gasteiger partial charge in [-0.15, -0.1) is 5.10 Å². The molecule has 1 aromatic heterocycles. The smallest absolute Gasteiger partial charge is 0.291 e. The zero-order valence-corrected chi connectivity index (χ0v) is 14.6. The van der Waals surface area contributed by atoms with Crippen LogP contribution < -0.4 is 5.32 Å². The first-order chi connectivity index (χ1) is 12.8. The summed E-state index contributed by atoms with van der Waals surface area (Å²) in [5.74, 6) is 0.702. The van der Waals surface area contributed by atoms with Crippen molar-refractivity contribution in [2.75, 3.05) is 0 Å². The van der Waals surface area contributed by atoms with Gasteiger partial charge in [0.15, 0.2) is 5.82 Å². The Hall–Kier alpha value is -2.95. The first kappa shape index (κ1) is 16.5. The molecule has 0 bridgehead atoms. The van der Waals surface area contributed by atoms with Gasteiger partial charge in [0.2, 0.25) is 5.82 Å². The second-order valence-electron chi connectivity index (χ2n) is 6.68. The molecule has 1 amide bonds. The largest absolute Gasteiger partial charge is 0.347 e. The minimum atomic E-state index is -0.191. The van der Waals surface area contributed by atoms with Gasteiger partial charge in [0, 0.05) is 11.6 Å². The number of carbonyl (C=O) groups excluding carboxylic acids is 1. The number of para-hydroxylation sites is 1. The summed E-state index contributed by atoms with van der Waals surface area (Å²) in [6.45, 7) is 0. The topological polar surface area (TPSA) is 59.8 Å². The van der Waals surface area contributed by atoms with Crippen LogP contribution in [0.3, 0.4) is 0 Å². The van der Waals surface area contributed by atoms with Crippen LogP contribution in [-0.4, -0.2) is 26.7 Å². The highest BCUT2D eigenvalue weighted by atomic mass is 16.2. The highest BCUT2D eigenvalue weighted by Crippen LogP contribution is 2.22. The number of nitrogens with zero attached hydrogens (tertiary/aromatic N) is 3. The third-order valence-corrected chi connectivity index (χ3v) is 4.78. The maximum atomic E-state index is 12.7. The molecule has 0 saturated heterocycles. The first-order valence-corrected chi connectivity index (χ1v) is 9.20. The molecule has 5 heteroatoms. The van der Waals surface area contributed by atoms with Gasteiger partial charge in [-0.05, 0) is 25.0 Å². The predicted octanol–water partition coefficient (Wildman–Crippen LogP) is 4.00. The second-order valence-corrected chi connectivity index (χ2v) is 6.68. The van der Waals surface area contributed by atoms with Gasteiger partial charge in [0.1, 0.15) is 0 Å². The molecule has 5 nitrogen and oxygen atoms in total. The molecule has 0 atom stereocenters. The van der Waals surface area contributed by atoms with Crippen LogP contribution in [0.4, 0.5) is 0 Å². The van der Waals surface area contributed by atoms with Crippen LogP contribution in [0.5, 0.6) is 0 Å².